The maximum atomic E-state index is 6.04. The summed E-state index contributed by atoms with van der Waals surface area (Å²) in [5.74, 6) is 1.16. The number of aromatic nitrogens is 1. The molecule has 0 aliphatic rings. The van der Waals surface area contributed by atoms with E-state index in [0.717, 1.165) is 28.0 Å². The maximum absolute atomic E-state index is 6.04. The van der Waals surface area contributed by atoms with Gasteiger partial charge < -0.3 is 10.3 Å². The van der Waals surface area contributed by atoms with E-state index in [-0.39, 0.29) is 0 Å². The molecule has 0 saturated heterocycles. The van der Waals surface area contributed by atoms with Gasteiger partial charge in [0.25, 0.3) is 0 Å². The lowest BCUT2D eigenvalue weighted by molar-refractivity contribution is 0.436. The van der Waals surface area contributed by atoms with Crippen molar-refractivity contribution in [2.45, 2.75) is 20.8 Å². The number of nitrogens with zero attached hydrogens (tertiary/aromatic N) is 1. The highest BCUT2D eigenvalue weighted by atomic mass is 16.5. The molecule has 0 unspecified atom stereocenters. The molecule has 0 spiro atoms. The van der Waals surface area contributed by atoms with Crippen molar-refractivity contribution in [3.05, 3.63) is 59.2 Å². The van der Waals surface area contributed by atoms with Crippen LogP contribution in [0.4, 0.5) is 5.82 Å². The first-order valence-corrected chi connectivity index (χ1v) is 6.96. The molecule has 1 aromatic heterocycles. The number of hydrogen-bond acceptors (Lipinski definition) is 3. The Morgan fingerprint density at radius 3 is 2.38 bits per heavy atom. The summed E-state index contributed by atoms with van der Waals surface area (Å²) in [7, 11) is 0. The van der Waals surface area contributed by atoms with E-state index in [4.69, 9.17) is 10.3 Å². The van der Waals surface area contributed by atoms with Gasteiger partial charge in [-0.3, -0.25) is 0 Å². The quantitative estimate of drug-likeness (QED) is 0.750. The maximum Gasteiger partial charge on any atom is 0.177 e. The van der Waals surface area contributed by atoms with Crippen LogP contribution >= 0.6 is 0 Å². The highest BCUT2D eigenvalue weighted by molar-refractivity contribution is 5.87. The van der Waals surface area contributed by atoms with E-state index in [2.05, 4.69) is 50.2 Å². The lowest BCUT2D eigenvalue weighted by Gasteiger charge is -2.07. The molecule has 3 nitrogen and oxygen atoms in total. The summed E-state index contributed by atoms with van der Waals surface area (Å²) in [5.41, 5.74) is 12.6. The van der Waals surface area contributed by atoms with Gasteiger partial charge in [-0.2, -0.15) is 0 Å². The van der Waals surface area contributed by atoms with Crippen LogP contribution in [0.2, 0.25) is 0 Å². The molecule has 0 aliphatic heterocycles. The summed E-state index contributed by atoms with van der Waals surface area (Å²) in [6.07, 6.45) is 0. The zero-order valence-corrected chi connectivity index (χ0v) is 12.5. The molecule has 2 N–H and O–H groups in total. The average molecular weight is 278 g/mol. The van der Waals surface area contributed by atoms with E-state index in [1.807, 2.05) is 18.2 Å². The zero-order valence-electron chi connectivity index (χ0n) is 12.5. The van der Waals surface area contributed by atoms with Gasteiger partial charge in [0.1, 0.15) is 0 Å². The smallest absolute Gasteiger partial charge is 0.177 e. The van der Waals surface area contributed by atoms with Crippen LogP contribution in [0.1, 0.15) is 16.7 Å². The van der Waals surface area contributed by atoms with Gasteiger partial charge in [-0.25, -0.2) is 0 Å². The molecule has 0 amide bonds. The van der Waals surface area contributed by atoms with Crippen molar-refractivity contribution in [2.75, 3.05) is 5.73 Å². The molecule has 2 aromatic carbocycles. The van der Waals surface area contributed by atoms with E-state index >= 15 is 0 Å². The van der Waals surface area contributed by atoms with Crippen LogP contribution in [-0.2, 0) is 0 Å². The monoisotopic (exact) mass is 278 g/mol. The Balaban J connectivity index is 2.22. The Morgan fingerprint density at radius 1 is 0.905 bits per heavy atom. The van der Waals surface area contributed by atoms with Crippen LogP contribution in [0.15, 0.2) is 47.0 Å². The second kappa shape index (κ2) is 5.09. The molecule has 3 rings (SSSR count). The molecular weight excluding hydrogens is 260 g/mol. The molecule has 21 heavy (non-hydrogen) atoms. The van der Waals surface area contributed by atoms with E-state index < -0.39 is 0 Å². The molecule has 3 heteroatoms. The number of nitrogens with two attached hydrogens (primary N) is 1. The van der Waals surface area contributed by atoms with Crippen LogP contribution in [0.25, 0.3) is 22.5 Å². The van der Waals surface area contributed by atoms with Gasteiger partial charge in [-0.15, -0.1) is 0 Å². The van der Waals surface area contributed by atoms with Crippen molar-refractivity contribution in [3.63, 3.8) is 0 Å². The lowest BCUT2D eigenvalue weighted by Crippen LogP contribution is -1.91. The van der Waals surface area contributed by atoms with Crippen molar-refractivity contribution in [1.29, 1.82) is 0 Å². The number of hydrogen-bond donors (Lipinski definition) is 1. The molecule has 1 heterocycles. The highest BCUT2D eigenvalue weighted by Crippen LogP contribution is 2.38. The van der Waals surface area contributed by atoms with Crippen LogP contribution in [0, 0.1) is 20.8 Å². The predicted octanol–water partition coefficient (Wildman–Crippen LogP) is 4.52. The zero-order chi connectivity index (χ0) is 15.0. The Kier molecular flexibility index (Phi) is 3.26. The summed E-state index contributed by atoms with van der Waals surface area (Å²) in [6, 6.07) is 14.4. The minimum absolute atomic E-state index is 0.427. The minimum Gasteiger partial charge on any atom is -0.380 e. The third kappa shape index (κ3) is 2.31. The lowest BCUT2D eigenvalue weighted by atomic mass is 9.96. The Bertz CT molecular complexity index is 803. The van der Waals surface area contributed by atoms with E-state index in [1.54, 1.807) is 0 Å². The number of benzene rings is 2. The first-order chi connectivity index (χ1) is 10.1. The minimum atomic E-state index is 0.427. The van der Waals surface area contributed by atoms with E-state index in [1.165, 1.54) is 11.1 Å². The first kappa shape index (κ1) is 13.4. The number of anilines is 1. The molecule has 106 valence electrons. The Morgan fingerprint density at radius 2 is 1.67 bits per heavy atom. The Labute approximate surface area is 124 Å². The van der Waals surface area contributed by atoms with Crippen molar-refractivity contribution in [1.82, 2.24) is 5.16 Å². The molecule has 3 aromatic rings. The molecular formula is C18H18N2O. The largest absolute Gasteiger partial charge is 0.380 e. The third-order valence-electron chi connectivity index (χ3n) is 3.90. The van der Waals surface area contributed by atoms with Gasteiger partial charge in [0.05, 0.1) is 5.56 Å². The van der Waals surface area contributed by atoms with Crippen LogP contribution in [0.5, 0.6) is 0 Å². The summed E-state index contributed by atoms with van der Waals surface area (Å²) in [6.45, 7) is 6.24. The van der Waals surface area contributed by atoms with Crippen LogP contribution < -0.4 is 5.73 Å². The van der Waals surface area contributed by atoms with Crippen molar-refractivity contribution < 1.29 is 4.52 Å². The standard InChI is InChI=1S/C18H18N2O/c1-11-8-9-14(10-13(11)3)16-17(21-20-18(16)19)15-7-5-4-6-12(15)2/h4-10H,1-3H3,(H2,19,20). The first-order valence-electron chi connectivity index (χ1n) is 6.96. The van der Waals surface area contributed by atoms with Crippen LogP contribution in [-0.4, -0.2) is 5.16 Å². The number of aryl methyl sites for hydroxylation is 3. The second-order valence-corrected chi connectivity index (χ2v) is 5.39. The SMILES string of the molecule is Cc1ccc(-c2c(N)noc2-c2ccccc2C)cc1C. The van der Waals surface area contributed by atoms with E-state index in [9.17, 15) is 0 Å². The molecule has 0 bridgehead atoms. The summed E-state index contributed by atoms with van der Waals surface area (Å²) in [5, 5.41) is 3.97. The molecule has 0 radical (unpaired) electrons. The van der Waals surface area contributed by atoms with Gasteiger partial charge in [-0.05, 0) is 43.0 Å². The topological polar surface area (TPSA) is 52.0 Å². The molecule has 0 fully saturated rings. The molecule has 0 aliphatic carbocycles. The fourth-order valence-corrected chi connectivity index (χ4v) is 2.49. The summed E-state index contributed by atoms with van der Waals surface area (Å²) < 4.78 is 5.51. The average Bonchev–Trinajstić information content (AvgIpc) is 2.84. The van der Waals surface area contributed by atoms with Crippen molar-refractivity contribution >= 4 is 5.82 Å². The van der Waals surface area contributed by atoms with E-state index in [0.29, 0.717) is 5.82 Å². The second-order valence-electron chi connectivity index (χ2n) is 5.39. The normalized spacial score (nSPS) is 10.8. The van der Waals surface area contributed by atoms with Gasteiger partial charge >= 0.3 is 0 Å². The number of rotatable bonds is 2. The highest BCUT2D eigenvalue weighted by Gasteiger charge is 2.19. The van der Waals surface area contributed by atoms with Crippen LogP contribution in [0.3, 0.4) is 0 Å². The van der Waals surface area contributed by atoms with Gasteiger partial charge in [0, 0.05) is 5.56 Å². The van der Waals surface area contributed by atoms with Gasteiger partial charge in [0.15, 0.2) is 11.6 Å². The Hall–Kier alpha value is -2.55. The van der Waals surface area contributed by atoms with Gasteiger partial charge in [0.2, 0.25) is 0 Å². The third-order valence-corrected chi connectivity index (χ3v) is 3.90. The van der Waals surface area contributed by atoms with Crippen molar-refractivity contribution in [2.24, 2.45) is 0 Å². The molecule has 0 saturated carbocycles. The molecule has 0 atom stereocenters. The van der Waals surface area contributed by atoms with Gasteiger partial charge in [-0.1, -0.05) is 47.6 Å². The predicted molar refractivity (Wildman–Crippen MR) is 86.0 cm³/mol. The fraction of sp³-hybridized carbons (Fsp3) is 0.167. The summed E-state index contributed by atoms with van der Waals surface area (Å²) in [4.78, 5) is 0. The summed E-state index contributed by atoms with van der Waals surface area (Å²) >= 11 is 0. The number of nitrogen functional groups attached to an aromatic ring is 1. The fourth-order valence-electron chi connectivity index (χ4n) is 2.49. The van der Waals surface area contributed by atoms with Crippen molar-refractivity contribution in [3.8, 4) is 22.5 Å².